The number of hydrazine groups is 1. The lowest BCUT2D eigenvalue weighted by Crippen LogP contribution is -2.42. The lowest BCUT2D eigenvalue weighted by Gasteiger charge is -2.09. The number of hydrogen-bond donors (Lipinski definition) is 2. The van der Waals surface area contributed by atoms with E-state index < -0.39 is 12.0 Å². The van der Waals surface area contributed by atoms with Gasteiger partial charge in [0.2, 0.25) is 0 Å². The van der Waals surface area contributed by atoms with Crippen molar-refractivity contribution in [1.29, 1.82) is 0 Å². The summed E-state index contributed by atoms with van der Waals surface area (Å²) < 4.78 is 9.72. The lowest BCUT2D eigenvalue weighted by atomic mass is 10.2. The fourth-order valence-electron chi connectivity index (χ4n) is 2.62. The Balaban J connectivity index is 1.16. The topological polar surface area (TPSA) is 132 Å². The number of nitrogens with zero attached hydrogens (tertiary/aromatic N) is 4. The summed E-state index contributed by atoms with van der Waals surface area (Å²) in [5.74, 6) is 0.849. The predicted octanol–water partition coefficient (Wildman–Crippen LogP) is 2.47. The number of fused-ring (bicyclic) bond motifs is 2. The van der Waals surface area contributed by atoms with Gasteiger partial charge in [0.1, 0.15) is 17.6 Å². The molecule has 0 radical (unpaired) electrons. The third-order valence-electron chi connectivity index (χ3n) is 4.06. The highest BCUT2D eigenvalue weighted by Crippen LogP contribution is 2.17. The molecular formula is C19H16N6O4S. The molecule has 2 amide bonds. The number of hydrogen-bond acceptors (Lipinski definition) is 9. The summed E-state index contributed by atoms with van der Waals surface area (Å²) >= 11 is 1.60. The summed E-state index contributed by atoms with van der Waals surface area (Å²) in [4.78, 5) is 32.2. The molecule has 0 atom stereocenters. The molecule has 0 unspecified atom stereocenters. The normalized spacial score (nSPS) is 10.8. The van der Waals surface area contributed by atoms with Gasteiger partial charge in [-0.15, -0.1) is 0 Å². The molecule has 152 valence electrons. The van der Waals surface area contributed by atoms with Gasteiger partial charge in [-0.1, -0.05) is 6.07 Å². The zero-order valence-corrected chi connectivity index (χ0v) is 16.4. The van der Waals surface area contributed by atoms with E-state index in [1.807, 2.05) is 18.2 Å². The van der Waals surface area contributed by atoms with Crippen LogP contribution in [0.4, 0.5) is 4.79 Å². The Bertz CT molecular complexity index is 1200. The zero-order valence-electron chi connectivity index (χ0n) is 15.6. The van der Waals surface area contributed by atoms with Gasteiger partial charge in [0.25, 0.3) is 5.91 Å². The quantitative estimate of drug-likeness (QED) is 0.354. The van der Waals surface area contributed by atoms with Crippen LogP contribution in [0.3, 0.4) is 0 Å². The van der Waals surface area contributed by atoms with E-state index in [1.54, 1.807) is 42.4 Å². The van der Waals surface area contributed by atoms with Crippen LogP contribution in [-0.2, 0) is 10.5 Å². The lowest BCUT2D eigenvalue weighted by molar-refractivity contribution is 0.0913. The fourth-order valence-corrected chi connectivity index (χ4v) is 3.38. The second-order valence-electron chi connectivity index (χ2n) is 6.11. The van der Waals surface area contributed by atoms with Crippen molar-refractivity contribution >= 4 is 45.8 Å². The minimum absolute atomic E-state index is 0.200. The number of rotatable bonds is 6. The third-order valence-corrected chi connectivity index (χ3v) is 5.05. The molecule has 4 aromatic rings. The molecule has 2 heterocycles. The first-order valence-corrected chi connectivity index (χ1v) is 10.1. The number of benzene rings is 2. The Morgan fingerprint density at radius 1 is 0.933 bits per heavy atom. The molecule has 11 heteroatoms. The van der Waals surface area contributed by atoms with Crippen molar-refractivity contribution in [2.75, 3.05) is 12.4 Å². The molecule has 0 aliphatic carbocycles. The molecule has 2 aromatic carbocycles. The van der Waals surface area contributed by atoms with Crippen LogP contribution in [0.5, 0.6) is 0 Å². The SMILES string of the molecule is O=C(NNC(=O)c1ccc2nccnc2c1)OCCSCc1ccc2nonc2c1. The Morgan fingerprint density at radius 2 is 1.73 bits per heavy atom. The van der Waals surface area contributed by atoms with Gasteiger partial charge in [0.05, 0.1) is 11.0 Å². The van der Waals surface area contributed by atoms with Crippen LogP contribution in [0.1, 0.15) is 15.9 Å². The van der Waals surface area contributed by atoms with E-state index >= 15 is 0 Å². The second-order valence-corrected chi connectivity index (χ2v) is 7.22. The highest BCUT2D eigenvalue weighted by molar-refractivity contribution is 7.98. The van der Waals surface area contributed by atoms with E-state index in [2.05, 4.69) is 35.8 Å². The number of carbonyl (C=O) groups is 2. The number of amides is 2. The summed E-state index contributed by atoms with van der Waals surface area (Å²) in [6, 6.07) is 10.6. The zero-order chi connectivity index (χ0) is 20.8. The third kappa shape index (κ3) is 4.81. The minimum Gasteiger partial charge on any atom is -0.447 e. The summed E-state index contributed by atoms with van der Waals surface area (Å²) in [7, 11) is 0. The van der Waals surface area contributed by atoms with E-state index in [-0.39, 0.29) is 6.61 Å². The average molecular weight is 424 g/mol. The fraction of sp³-hybridized carbons (Fsp3) is 0.158. The predicted molar refractivity (Wildman–Crippen MR) is 109 cm³/mol. The molecule has 30 heavy (non-hydrogen) atoms. The monoisotopic (exact) mass is 424 g/mol. The largest absolute Gasteiger partial charge is 0.447 e. The Kier molecular flexibility index (Phi) is 5.99. The molecule has 0 spiro atoms. The van der Waals surface area contributed by atoms with Crippen LogP contribution in [0.15, 0.2) is 53.4 Å². The summed E-state index contributed by atoms with van der Waals surface area (Å²) in [5.41, 5.74) is 8.62. The van der Waals surface area contributed by atoms with E-state index in [0.29, 0.717) is 33.4 Å². The van der Waals surface area contributed by atoms with Crippen LogP contribution in [0.2, 0.25) is 0 Å². The molecule has 10 nitrogen and oxygen atoms in total. The molecular weight excluding hydrogens is 408 g/mol. The Morgan fingerprint density at radius 3 is 2.63 bits per heavy atom. The first-order chi connectivity index (χ1) is 14.7. The number of thioether (sulfide) groups is 1. The van der Waals surface area contributed by atoms with Gasteiger partial charge in [-0.05, 0) is 46.2 Å². The number of ether oxygens (including phenoxy) is 1. The van der Waals surface area contributed by atoms with Gasteiger partial charge in [-0.3, -0.25) is 20.2 Å². The molecule has 2 N–H and O–H groups in total. The smallest absolute Gasteiger partial charge is 0.426 e. The number of aromatic nitrogens is 4. The van der Waals surface area contributed by atoms with Crippen molar-refractivity contribution in [3.8, 4) is 0 Å². The van der Waals surface area contributed by atoms with Crippen LogP contribution in [-0.4, -0.2) is 44.6 Å². The highest BCUT2D eigenvalue weighted by Gasteiger charge is 2.09. The van der Waals surface area contributed by atoms with Gasteiger partial charge < -0.3 is 4.74 Å². The Hall–Kier alpha value is -3.73. The molecule has 0 bridgehead atoms. The summed E-state index contributed by atoms with van der Waals surface area (Å²) in [5, 5.41) is 7.56. The summed E-state index contributed by atoms with van der Waals surface area (Å²) in [6.07, 6.45) is 2.38. The van der Waals surface area contributed by atoms with E-state index in [4.69, 9.17) is 4.74 Å². The van der Waals surface area contributed by atoms with Crippen LogP contribution in [0, 0.1) is 0 Å². The van der Waals surface area contributed by atoms with E-state index in [0.717, 1.165) is 11.3 Å². The highest BCUT2D eigenvalue weighted by atomic mass is 32.2. The van der Waals surface area contributed by atoms with Crippen LogP contribution < -0.4 is 10.9 Å². The molecule has 2 aromatic heterocycles. The van der Waals surface area contributed by atoms with Gasteiger partial charge >= 0.3 is 6.09 Å². The van der Waals surface area contributed by atoms with Crippen molar-refractivity contribution in [3.05, 3.63) is 59.9 Å². The molecule has 0 aliphatic heterocycles. The van der Waals surface area contributed by atoms with Gasteiger partial charge in [-0.2, -0.15) is 11.8 Å². The van der Waals surface area contributed by atoms with Gasteiger partial charge in [-0.25, -0.2) is 14.8 Å². The first-order valence-electron chi connectivity index (χ1n) is 8.92. The molecule has 0 saturated heterocycles. The van der Waals surface area contributed by atoms with Crippen LogP contribution >= 0.6 is 11.8 Å². The standard InChI is InChI=1S/C19H16N6O4S/c26-18(13-2-4-14-16(10-13)21-6-5-20-14)22-23-19(27)28-7-8-30-11-12-1-3-15-17(9-12)25-29-24-15/h1-6,9-10H,7-8,11H2,(H,22,26)(H,23,27). The van der Waals surface area contributed by atoms with Crippen molar-refractivity contribution in [3.63, 3.8) is 0 Å². The van der Waals surface area contributed by atoms with Gasteiger partial charge in [0, 0.05) is 29.5 Å². The molecule has 0 aliphatic rings. The van der Waals surface area contributed by atoms with Crippen molar-refractivity contribution in [1.82, 2.24) is 31.1 Å². The van der Waals surface area contributed by atoms with Crippen molar-refractivity contribution in [2.24, 2.45) is 0 Å². The maximum Gasteiger partial charge on any atom is 0.426 e. The molecule has 4 rings (SSSR count). The van der Waals surface area contributed by atoms with Crippen molar-refractivity contribution in [2.45, 2.75) is 5.75 Å². The first kappa shape index (κ1) is 19.6. The second kappa shape index (κ2) is 9.18. The van der Waals surface area contributed by atoms with Crippen LogP contribution in [0.25, 0.3) is 22.1 Å². The minimum atomic E-state index is -0.736. The Labute approximate surface area is 174 Å². The van der Waals surface area contributed by atoms with E-state index in [1.165, 1.54) is 0 Å². The molecule has 0 fully saturated rings. The maximum atomic E-state index is 12.1. The molecule has 0 saturated carbocycles. The van der Waals surface area contributed by atoms with Gasteiger partial charge in [0.15, 0.2) is 0 Å². The average Bonchev–Trinajstić information content (AvgIpc) is 3.25. The van der Waals surface area contributed by atoms with E-state index in [9.17, 15) is 9.59 Å². The number of carbonyl (C=O) groups excluding carboxylic acids is 2. The summed E-state index contributed by atoms with van der Waals surface area (Å²) in [6.45, 7) is 0.200. The number of nitrogens with one attached hydrogen (secondary N) is 2. The van der Waals surface area contributed by atoms with Crippen molar-refractivity contribution < 1.29 is 19.0 Å². The maximum absolute atomic E-state index is 12.1.